The summed E-state index contributed by atoms with van der Waals surface area (Å²) in [6, 6.07) is 77.1. The Labute approximate surface area is 499 Å². The molecule has 14 aromatic rings. The molecular formula is C80H69BN4. The first-order valence-corrected chi connectivity index (χ1v) is 30.5. The number of hydrogen-bond acceptors (Lipinski definition) is 4. The number of benzene rings is 13. The van der Waals surface area contributed by atoms with E-state index in [1.54, 1.807) is 0 Å². The minimum absolute atomic E-state index is 0.0374. The molecule has 0 saturated heterocycles. The molecular weight excluding hydrogens is 1030 g/mol. The molecule has 5 heteroatoms. The molecule has 0 atom stereocenters. The van der Waals surface area contributed by atoms with E-state index < -0.39 is 0 Å². The summed E-state index contributed by atoms with van der Waals surface area (Å²) in [7, 11) is 0. The van der Waals surface area contributed by atoms with Gasteiger partial charge in [-0.3, -0.25) is 0 Å². The van der Waals surface area contributed by atoms with E-state index in [-0.39, 0.29) is 28.4 Å². The highest BCUT2D eigenvalue weighted by Gasteiger charge is 2.46. The highest BCUT2D eigenvalue weighted by atomic mass is 15.2. The van der Waals surface area contributed by atoms with Gasteiger partial charge in [-0.25, -0.2) is 9.97 Å². The Morgan fingerprint density at radius 3 is 1.20 bits per heavy atom. The first-order chi connectivity index (χ1) is 40.7. The largest absolute Gasteiger partial charge is 0.311 e. The maximum Gasteiger partial charge on any atom is 0.252 e. The van der Waals surface area contributed by atoms with Gasteiger partial charge in [0.05, 0.1) is 11.2 Å². The zero-order valence-electron chi connectivity index (χ0n) is 50.9. The highest BCUT2D eigenvalue weighted by Crippen LogP contribution is 2.52. The van der Waals surface area contributed by atoms with Crippen LogP contribution in [0.25, 0.3) is 98.2 Å². The van der Waals surface area contributed by atoms with Crippen molar-refractivity contribution in [2.45, 2.75) is 105 Å². The SMILES string of the molecule is CC(C)(C)c1ccc(N2c3cc(-c4nc(-c5cc(C(C)(C)C)cc(C(C)(C)C)c5)c5ccccc5n4)cc4c3B(c3cc5ccc6cccc7ccc(c32)c5c67)c2cc3ccc5cccc6ccc(c2N4c2ccc(C(C)(C)C)cc2)c3c56)cc1. The molecule has 3 heterocycles. The first-order valence-electron chi connectivity index (χ1n) is 30.5. The van der Waals surface area contributed by atoms with Gasteiger partial charge in [-0.15, -0.1) is 0 Å². The zero-order chi connectivity index (χ0) is 58.4. The first kappa shape index (κ1) is 51.6. The van der Waals surface area contributed by atoms with E-state index in [1.165, 1.54) is 115 Å². The maximum atomic E-state index is 5.87. The Bertz CT molecular complexity index is 4800. The van der Waals surface area contributed by atoms with Crippen LogP contribution in [-0.4, -0.2) is 16.7 Å². The molecule has 0 radical (unpaired) electrons. The lowest BCUT2D eigenvalue weighted by Crippen LogP contribution is -2.61. The highest BCUT2D eigenvalue weighted by molar-refractivity contribution is 7.01. The molecule has 0 amide bonds. The predicted octanol–water partition coefficient (Wildman–Crippen LogP) is 20.0. The number of fused-ring (bicyclic) bond motifs is 7. The molecule has 412 valence electrons. The van der Waals surface area contributed by atoms with Gasteiger partial charge in [0, 0.05) is 61.4 Å². The van der Waals surface area contributed by atoms with Crippen LogP contribution >= 0.6 is 0 Å². The summed E-state index contributed by atoms with van der Waals surface area (Å²) in [5.74, 6) is 0.691. The molecule has 0 saturated carbocycles. The summed E-state index contributed by atoms with van der Waals surface area (Å²) in [5, 5.41) is 16.3. The fraction of sp³-hybridized carbons (Fsp3) is 0.200. The molecule has 0 unspecified atom stereocenters. The molecule has 1 aromatic heterocycles. The van der Waals surface area contributed by atoms with Crippen molar-refractivity contribution in [3.63, 3.8) is 0 Å². The van der Waals surface area contributed by atoms with Gasteiger partial charge in [-0.05, 0) is 169 Å². The normalized spacial score (nSPS) is 13.8. The van der Waals surface area contributed by atoms with Crippen molar-refractivity contribution in [2.24, 2.45) is 0 Å². The van der Waals surface area contributed by atoms with Gasteiger partial charge in [-0.2, -0.15) is 0 Å². The van der Waals surface area contributed by atoms with Crippen LogP contribution in [0.4, 0.5) is 34.1 Å². The van der Waals surface area contributed by atoms with Crippen molar-refractivity contribution in [2.75, 3.05) is 9.80 Å². The lowest BCUT2D eigenvalue weighted by Gasteiger charge is -2.45. The van der Waals surface area contributed by atoms with E-state index in [4.69, 9.17) is 9.97 Å². The molecule has 2 aliphatic rings. The van der Waals surface area contributed by atoms with Gasteiger partial charge in [0.15, 0.2) is 5.82 Å². The minimum atomic E-state index is -0.160. The molecule has 0 bridgehead atoms. The summed E-state index contributed by atoms with van der Waals surface area (Å²) in [5.41, 5.74) is 19.6. The summed E-state index contributed by atoms with van der Waals surface area (Å²) in [4.78, 5) is 16.8. The van der Waals surface area contributed by atoms with Crippen LogP contribution in [0.5, 0.6) is 0 Å². The molecule has 0 N–H and O–H groups in total. The van der Waals surface area contributed by atoms with Crippen LogP contribution < -0.4 is 26.2 Å². The molecule has 2 aliphatic heterocycles. The van der Waals surface area contributed by atoms with Crippen LogP contribution in [-0.2, 0) is 21.7 Å². The lowest BCUT2D eigenvalue weighted by molar-refractivity contribution is 0.569. The minimum Gasteiger partial charge on any atom is -0.311 e. The molecule has 16 rings (SSSR count). The second-order valence-corrected chi connectivity index (χ2v) is 28.7. The lowest BCUT2D eigenvalue weighted by atomic mass is 9.33. The van der Waals surface area contributed by atoms with Gasteiger partial charge < -0.3 is 9.80 Å². The third-order valence-electron chi connectivity index (χ3n) is 19.1. The van der Waals surface area contributed by atoms with Crippen molar-refractivity contribution in [1.29, 1.82) is 0 Å². The summed E-state index contributed by atoms with van der Waals surface area (Å²) in [6.45, 7) is 27.6. The van der Waals surface area contributed by atoms with Crippen LogP contribution in [0.1, 0.15) is 105 Å². The summed E-state index contributed by atoms with van der Waals surface area (Å²) >= 11 is 0. The Kier molecular flexibility index (Phi) is 10.8. The average molecular weight is 1100 g/mol. The quantitative estimate of drug-likeness (QED) is 0.130. The van der Waals surface area contributed by atoms with E-state index >= 15 is 0 Å². The summed E-state index contributed by atoms with van der Waals surface area (Å²) in [6.07, 6.45) is 0. The second kappa shape index (κ2) is 17.7. The van der Waals surface area contributed by atoms with Crippen LogP contribution in [0, 0.1) is 0 Å². The topological polar surface area (TPSA) is 32.3 Å². The van der Waals surface area contributed by atoms with E-state index in [2.05, 4.69) is 293 Å². The van der Waals surface area contributed by atoms with Crippen LogP contribution in [0.15, 0.2) is 200 Å². The second-order valence-electron chi connectivity index (χ2n) is 28.7. The van der Waals surface area contributed by atoms with Gasteiger partial charge in [0.2, 0.25) is 0 Å². The Hall–Kier alpha value is -9.06. The zero-order valence-corrected chi connectivity index (χ0v) is 50.9. The molecule has 4 nitrogen and oxygen atoms in total. The van der Waals surface area contributed by atoms with Crippen LogP contribution in [0.2, 0.25) is 0 Å². The number of nitrogens with zero attached hydrogens (tertiary/aromatic N) is 4. The summed E-state index contributed by atoms with van der Waals surface area (Å²) < 4.78 is 0. The van der Waals surface area contributed by atoms with Crippen LogP contribution in [0.3, 0.4) is 0 Å². The van der Waals surface area contributed by atoms with Gasteiger partial charge in [0.1, 0.15) is 0 Å². The maximum absolute atomic E-state index is 5.87. The van der Waals surface area contributed by atoms with Crippen molar-refractivity contribution in [3.05, 3.63) is 222 Å². The molecule has 0 fully saturated rings. The molecule has 0 spiro atoms. The van der Waals surface area contributed by atoms with E-state index in [0.29, 0.717) is 5.82 Å². The van der Waals surface area contributed by atoms with Crippen molar-refractivity contribution in [3.8, 4) is 22.6 Å². The fourth-order valence-corrected chi connectivity index (χ4v) is 14.5. The van der Waals surface area contributed by atoms with Gasteiger partial charge >= 0.3 is 0 Å². The van der Waals surface area contributed by atoms with E-state index in [9.17, 15) is 0 Å². The van der Waals surface area contributed by atoms with Crippen molar-refractivity contribution < 1.29 is 0 Å². The number of rotatable bonds is 4. The molecule has 13 aromatic carbocycles. The third-order valence-corrected chi connectivity index (χ3v) is 19.1. The average Bonchev–Trinajstić information content (AvgIpc) is 0.729. The number of aromatic nitrogens is 2. The Morgan fingerprint density at radius 2 is 0.753 bits per heavy atom. The smallest absolute Gasteiger partial charge is 0.252 e. The Balaban J connectivity index is 1.08. The molecule has 85 heavy (non-hydrogen) atoms. The molecule has 0 aliphatic carbocycles. The predicted molar refractivity (Wildman–Crippen MR) is 367 cm³/mol. The number of hydrogen-bond donors (Lipinski definition) is 0. The van der Waals surface area contributed by atoms with E-state index in [1.807, 2.05) is 0 Å². The number of para-hydroxylation sites is 1. The van der Waals surface area contributed by atoms with Gasteiger partial charge in [-0.1, -0.05) is 229 Å². The van der Waals surface area contributed by atoms with E-state index in [0.717, 1.165) is 50.5 Å². The van der Waals surface area contributed by atoms with Crippen molar-refractivity contribution in [1.82, 2.24) is 9.97 Å². The monoisotopic (exact) mass is 1100 g/mol. The fourth-order valence-electron chi connectivity index (χ4n) is 14.5. The standard InChI is InChI=1S/C80H69BN4/c1-77(2,3)54-29-33-58(34-30-54)84-66-43-53(76-82-65-22-14-13-21-60(65)73(83-76)52-39-56(79(7,8)9)45-57(40-52)80(10,11)12)44-67-72(66)81(63-41-50-25-23-46-17-15-19-48-27-37-61(74(63)84)70(50)68(46)48)64-42-51-26-24-47-18-16-20-49-28-38-62(71(51)69(47)49)75(64)85(67)59-35-31-55(32-36-59)78(4,5)6/h13-45H,1-12H3. The van der Waals surface area contributed by atoms with Gasteiger partial charge in [0.25, 0.3) is 6.71 Å². The number of anilines is 6. The van der Waals surface area contributed by atoms with Crippen molar-refractivity contribution >= 4 is 133 Å². The Morgan fingerprint density at radius 1 is 0.329 bits per heavy atom. The third kappa shape index (κ3) is 7.81.